The van der Waals surface area contributed by atoms with Crippen molar-refractivity contribution in [3.05, 3.63) is 34.4 Å². The van der Waals surface area contributed by atoms with Gasteiger partial charge in [-0.25, -0.2) is 8.78 Å². The third-order valence-corrected chi connectivity index (χ3v) is 2.66. The Balaban J connectivity index is 2.32. The number of aliphatic hydroxyl groups is 1. The van der Waals surface area contributed by atoms with E-state index < -0.39 is 17.2 Å². The maximum absolute atomic E-state index is 13.2. The number of benzene rings is 1. The van der Waals surface area contributed by atoms with Crippen molar-refractivity contribution in [1.29, 1.82) is 0 Å². The Morgan fingerprint density at radius 3 is 2.21 bits per heavy atom. The van der Waals surface area contributed by atoms with Crippen LogP contribution in [0, 0.1) is 11.6 Å². The molecule has 1 aromatic carbocycles. The minimum absolute atomic E-state index is 0.0296. The fourth-order valence-corrected chi connectivity index (χ4v) is 1.58. The van der Waals surface area contributed by atoms with Crippen LogP contribution in [0.15, 0.2) is 12.1 Å². The van der Waals surface area contributed by atoms with Gasteiger partial charge >= 0.3 is 0 Å². The summed E-state index contributed by atoms with van der Waals surface area (Å²) in [5.41, 5.74) is -0.968. The maximum Gasteiger partial charge on any atom is 0.130 e. The summed E-state index contributed by atoms with van der Waals surface area (Å²) in [6, 6.07) is 2.12. The second kappa shape index (κ2) is 3.17. The van der Waals surface area contributed by atoms with Crippen LogP contribution in [-0.2, 0) is 6.42 Å². The molecule has 1 N–H and O–H groups in total. The van der Waals surface area contributed by atoms with Crippen molar-refractivity contribution in [2.45, 2.75) is 24.9 Å². The number of halogens is 3. The molecular formula is C10H9ClF2O. The van der Waals surface area contributed by atoms with E-state index in [0.717, 1.165) is 12.1 Å². The molecule has 1 aromatic rings. The third kappa shape index (κ3) is 1.88. The van der Waals surface area contributed by atoms with Gasteiger partial charge in [0.05, 0.1) is 5.60 Å². The molecule has 1 nitrogen and oxygen atoms in total. The fraction of sp³-hybridized carbons (Fsp3) is 0.400. The van der Waals surface area contributed by atoms with Gasteiger partial charge in [-0.3, -0.25) is 0 Å². The quantitative estimate of drug-likeness (QED) is 0.809. The molecule has 0 aromatic heterocycles. The van der Waals surface area contributed by atoms with Crippen LogP contribution in [0.25, 0.3) is 0 Å². The second-order valence-electron chi connectivity index (χ2n) is 3.75. The summed E-state index contributed by atoms with van der Waals surface area (Å²) < 4.78 is 26.5. The van der Waals surface area contributed by atoms with E-state index in [2.05, 4.69) is 0 Å². The molecule has 0 radical (unpaired) electrons. The molecule has 0 aliphatic heterocycles. The summed E-state index contributed by atoms with van der Waals surface area (Å²) in [6.07, 6.45) is 1.24. The first-order valence-corrected chi connectivity index (χ1v) is 4.74. The van der Waals surface area contributed by atoms with Crippen LogP contribution in [0.1, 0.15) is 18.4 Å². The molecule has 1 saturated carbocycles. The van der Waals surface area contributed by atoms with Crippen molar-refractivity contribution in [2.75, 3.05) is 0 Å². The molecule has 0 unspecified atom stereocenters. The van der Waals surface area contributed by atoms with Gasteiger partial charge in [-0.1, -0.05) is 11.6 Å². The van der Waals surface area contributed by atoms with Crippen LogP contribution in [0.5, 0.6) is 0 Å². The molecule has 0 saturated heterocycles. The van der Waals surface area contributed by atoms with E-state index in [4.69, 9.17) is 11.6 Å². The zero-order valence-electron chi connectivity index (χ0n) is 7.36. The van der Waals surface area contributed by atoms with E-state index in [9.17, 15) is 13.9 Å². The van der Waals surface area contributed by atoms with E-state index in [1.165, 1.54) is 0 Å². The topological polar surface area (TPSA) is 20.2 Å². The van der Waals surface area contributed by atoms with Crippen LogP contribution < -0.4 is 0 Å². The molecule has 1 fully saturated rings. The summed E-state index contributed by atoms with van der Waals surface area (Å²) >= 11 is 5.47. The van der Waals surface area contributed by atoms with Gasteiger partial charge in [0, 0.05) is 17.0 Å². The van der Waals surface area contributed by atoms with Crippen molar-refractivity contribution >= 4 is 11.6 Å². The Morgan fingerprint density at radius 1 is 1.29 bits per heavy atom. The molecule has 0 atom stereocenters. The highest BCUT2D eigenvalue weighted by Crippen LogP contribution is 2.39. The first-order chi connectivity index (χ1) is 6.50. The minimum atomic E-state index is -0.893. The maximum atomic E-state index is 13.2. The monoisotopic (exact) mass is 218 g/mol. The lowest BCUT2D eigenvalue weighted by molar-refractivity contribution is 0.148. The van der Waals surface area contributed by atoms with E-state index in [0.29, 0.717) is 12.8 Å². The van der Waals surface area contributed by atoms with E-state index in [-0.39, 0.29) is 17.0 Å². The van der Waals surface area contributed by atoms with Crippen molar-refractivity contribution in [1.82, 2.24) is 0 Å². The summed E-state index contributed by atoms with van der Waals surface area (Å²) in [4.78, 5) is 0. The van der Waals surface area contributed by atoms with Gasteiger partial charge in [0.15, 0.2) is 0 Å². The van der Waals surface area contributed by atoms with Crippen molar-refractivity contribution in [3.8, 4) is 0 Å². The Morgan fingerprint density at radius 2 is 1.79 bits per heavy atom. The number of hydrogen-bond donors (Lipinski definition) is 1. The van der Waals surface area contributed by atoms with Gasteiger partial charge in [0.1, 0.15) is 11.6 Å². The highest BCUT2D eigenvalue weighted by Gasteiger charge is 2.41. The van der Waals surface area contributed by atoms with Crippen LogP contribution >= 0.6 is 11.6 Å². The Hall–Kier alpha value is -0.670. The van der Waals surface area contributed by atoms with Crippen molar-refractivity contribution in [2.24, 2.45) is 0 Å². The van der Waals surface area contributed by atoms with Gasteiger partial charge in [0.2, 0.25) is 0 Å². The summed E-state index contributed by atoms with van der Waals surface area (Å²) in [5.74, 6) is -1.37. The van der Waals surface area contributed by atoms with Gasteiger partial charge in [-0.2, -0.15) is 0 Å². The first kappa shape index (κ1) is 9.87. The lowest BCUT2D eigenvalue weighted by Crippen LogP contribution is -2.13. The summed E-state index contributed by atoms with van der Waals surface area (Å²) in [7, 11) is 0. The summed E-state index contributed by atoms with van der Waals surface area (Å²) in [6.45, 7) is 0. The molecule has 2 rings (SSSR count). The molecule has 1 aliphatic carbocycles. The largest absolute Gasteiger partial charge is 0.390 e. The van der Waals surface area contributed by atoms with Crippen LogP contribution in [0.2, 0.25) is 5.02 Å². The molecular weight excluding hydrogens is 210 g/mol. The normalized spacial score (nSPS) is 18.3. The van der Waals surface area contributed by atoms with Gasteiger partial charge in [-0.05, 0) is 25.0 Å². The predicted molar refractivity (Wildman–Crippen MR) is 49.3 cm³/mol. The van der Waals surface area contributed by atoms with Gasteiger partial charge in [-0.15, -0.1) is 0 Å². The average Bonchev–Trinajstić information content (AvgIpc) is 2.77. The van der Waals surface area contributed by atoms with Gasteiger partial charge < -0.3 is 5.11 Å². The van der Waals surface area contributed by atoms with E-state index in [1.54, 1.807) is 0 Å². The van der Waals surface area contributed by atoms with Crippen molar-refractivity contribution < 1.29 is 13.9 Å². The molecule has 0 amide bonds. The highest BCUT2D eigenvalue weighted by molar-refractivity contribution is 6.30. The van der Waals surface area contributed by atoms with Crippen LogP contribution in [0.3, 0.4) is 0 Å². The Bertz CT molecular complexity index is 351. The highest BCUT2D eigenvalue weighted by atomic mass is 35.5. The molecule has 1 aliphatic rings. The SMILES string of the molecule is OC1(Cc2c(F)cc(Cl)cc2F)CC1. The number of hydrogen-bond acceptors (Lipinski definition) is 1. The Labute approximate surface area is 85.3 Å². The first-order valence-electron chi connectivity index (χ1n) is 4.36. The lowest BCUT2D eigenvalue weighted by Gasteiger charge is -2.09. The molecule has 0 spiro atoms. The predicted octanol–water partition coefficient (Wildman–Crippen LogP) is 2.69. The lowest BCUT2D eigenvalue weighted by atomic mass is 10.1. The second-order valence-corrected chi connectivity index (χ2v) is 4.19. The smallest absolute Gasteiger partial charge is 0.130 e. The molecule has 0 bridgehead atoms. The molecule has 0 heterocycles. The van der Waals surface area contributed by atoms with Gasteiger partial charge in [0.25, 0.3) is 0 Å². The zero-order chi connectivity index (χ0) is 10.3. The third-order valence-electron chi connectivity index (χ3n) is 2.44. The fourth-order valence-electron chi connectivity index (χ4n) is 1.39. The number of rotatable bonds is 2. The van der Waals surface area contributed by atoms with Crippen LogP contribution in [0.4, 0.5) is 8.78 Å². The van der Waals surface area contributed by atoms with Crippen molar-refractivity contribution in [3.63, 3.8) is 0 Å². The molecule has 4 heteroatoms. The minimum Gasteiger partial charge on any atom is -0.390 e. The standard InChI is InChI=1S/C10H9ClF2O/c11-6-3-8(12)7(9(13)4-6)5-10(14)1-2-10/h3-4,14H,1-2,5H2. The Kier molecular flexibility index (Phi) is 2.24. The van der Waals surface area contributed by atoms with E-state index in [1.807, 2.05) is 0 Å². The summed E-state index contributed by atoms with van der Waals surface area (Å²) in [5, 5.41) is 9.57. The molecule has 14 heavy (non-hydrogen) atoms. The van der Waals surface area contributed by atoms with Crippen LogP contribution in [-0.4, -0.2) is 10.7 Å². The average molecular weight is 219 g/mol. The zero-order valence-corrected chi connectivity index (χ0v) is 8.11. The molecule has 76 valence electrons. The van der Waals surface area contributed by atoms with E-state index >= 15 is 0 Å².